The number of benzene rings is 2. The van der Waals surface area contributed by atoms with Crippen molar-refractivity contribution in [1.29, 1.82) is 0 Å². The Labute approximate surface area is 168 Å². The smallest absolute Gasteiger partial charge is 0.240 e. The molecule has 5 nitrogen and oxygen atoms in total. The molecule has 0 fully saturated rings. The molecule has 2 aromatic rings. The van der Waals surface area contributed by atoms with Crippen molar-refractivity contribution in [1.82, 2.24) is 5.43 Å². The van der Waals surface area contributed by atoms with Crippen molar-refractivity contribution in [3.05, 3.63) is 58.6 Å². The normalized spacial score (nSPS) is 10.8. The molecule has 0 heterocycles. The Morgan fingerprint density at radius 3 is 2.52 bits per heavy atom. The van der Waals surface area contributed by atoms with Gasteiger partial charge in [0.25, 0.3) is 0 Å². The molecule has 2 N–H and O–H groups in total. The number of nitrogens with zero attached hydrogens (tertiary/aromatic N) is 1. The van der Waals surface area contributed by atoms with Gasteiger partial charge in [0, 0.05) is 28.4 Å². The zero-order chi connectivity index (χ0) is 19.6. The lowest BCUT2D eigenvalue weighted by Crippen LogP contribution is -2.18. The van der Waals surface area contributed by atoms with Gasteiger partial charge in [-0.05, 0) is 55.0 Å². The van der Waals surface area contributed by atoms with Gasteiger partial charge in [-0.3, -0.25) is 9.59 Å². The van der Waals surface area contributed by atoms with E-state index >= 15 is 0 Å². The molecule has 0 saturated heterocycles. The number of rotatable bonds is 8. The molecule has 0 atom stereocenters. The minimum atomic E-state index is -0.223. The molecule has 2 rings (SSSR count). The van der Waals surface area contributed by atoms with Crippen molar-refractivity contribution in [3.8, 4) is 0 Å². The number of hydrazone groups is 1. The van der Waals surface area contributed by atoms with Crippen LogP contribution in [0, 0.1) is 6.92 Å². The molecule has 7 heteroatoms. The van der Waals surface area contributed by atoms with Gasteiger partial charge < -0.3 is 5.32 Å². The number of halogens is 1. The minimum Gasteiger partial charge on any atom is -0.326 e. The molecule has 0 radical (unpaired) electrons. The van der Waals surface area contributed by atoms with Crippen LogP contribution in [0.15, 0.2) is 52.5 Å². The van der Waals surface area contributed by atoms with Crippen LogP contribution < -0.4 is 10.7 Å². The molecule has 27 heavy (non-hydrogen) atoms. The highest BCUT2D eigenvalue weighted by atomic mass is 35.5. The molecule has 0 aliphatic rings. The monoisotopic (exact) mass is 403 g/mol. The summed E-state index contributed by atoms with van der Waals surface area (Å²) in [6.07, 6.45) is 4.52. The Hall–Kier alpha value is -2.31. The van der Waals surface area contributed by atoms with Gasteiger partial charge in [-0.1, -0.05) is 29.8 Å². The third-order valence-corrected chi connectivity index (χ3v) is 5.02. The number of anilines is 1. The maximum Gasteiger partial charge on any atom is 0.240 e. The van der Waals surface area contributed by atoms with Crippen molar-refractivity contribution >= 4 is 47.1 Å². The average molecular weight is 404 g/mol. The average Bonchev–Trinajstić information content (AvgIpc) is 2.66. The zero-order valence-electron chi connectivity index (χ0n) is 15.3. The van der Waals surface area contributed by atoms with E-state index in [0.29, 0.717) is 17.1 Å². The van der Waals surface area contributed by atoms with Gasteiger partial charge in [0.2, 0.25) is 11.8 Å². The second kappa shape index (κ2) is 10.7. The van der Waals surface area contributed by atoms with Crippen molar-refractivity contribution in [2.75, 3.05) is 11.6 Å². The van der Waals surface area contributed by atoms with Gasteiger partial charge >= 0.3 is 0 Å². The van der Waals surface area contributed by atoms with E-state index in [1.807, 2.05) is 37.4 Å². The molecule has 0 saturated carbocycles. The first-order valence-corrected chi connectivity index (χ1v) is 10.1. The van der Waals surface area contributed by atoms with E-state index in [-0.39, 0.29) is 24.7 Å². The Balaban J connectivity index is 1.69. The third kappa shape index (κ3) is 7.07. The van der Waals surface area contributed by atoms with Crippen LogP contribution in [0.4, 0.5) is 5.69 Å². The Morgan fingerprint density at radius 1 is 1.11 bits per heavy atom. The number of hydrogen-bond donors (Lipinski definition) is 2. The summed E-state index contributed by atoms with van der Waals surface area (Å²) in [4.78, 5) is 25.0. The standard InChI is InChI=1S/C20H22ClN3O2S/c1-14-17(21)5-3-6-18(14)23-19(25)7-4-8-20(26)24-22-13-15-9-11-16(27-2)12-10-15/h3,5-6,9-13H,4,7-8H2,1-2H3,(H,23,25)(H,24,26)/b22-13-. The van der Waals surface area contributed by atoms with E-state index in [0.717, 1.165) is 11.1 Å². The molecule has 0 spiro atoms. The highest BCUT2D eigenvalue weighted by molar-refractivity contribution is 7.98. The van der Waals surface area contributed by atoms with Gasteiger partial charge in [-0.25, -0.2) is 5.43 Å². The van der Waals surface area contributed by atoms with Crippen molar-refractivity contribution < 1.29 is 9.59 Å². The second-order valence-corrected chi connectivity index (χ2v) is 7.17. The first-order chi connectivity index (χ1) is 13.0. The van der Waals surface area contributed by atoms with Crippen LogP contribution in [0.2, 0.25) is 5.02 Å². The summed E-state index contributed by atoms with van der Waals surface area (Å²) in [6.45, 7) is 1.85. The number of carbonyl (C=O) groups is 2. The largest absolute Gasteiger partial charge is 0.326 e. The molecule has 142 valence electrons. The maximum atomic E-state index is 12.0. The molecule has 0 aromatic heterocycles. The Morgan fingerprint density at radius 2 is 1.81 bits per heavy atom. The first kappa shape index (κ1) is 21.0. The van der Waals surface area contributed by atoms with E-state index in [1.165, 1.54) is 4.90 Å². The molecule has 2 aromatic carbocycles. The minimum absolute atomic E-state index is 0.148. The summed E-state index contributed by atoms with van der Waals surface area (Å²) in [7, 11) is 0. The van der Waals surface area contributed by atoms with Crippen molar-refractivity contribution in [3.63, 3.8) is 0 Å². The van der Waals surface area contributed by atoms with Gasteiger partial charge in [0.15, 0.2) is 0 Å². The van der Waals surface area contributed by atoms with Gasteiger partial charge in [0.05, 0.1) is 6.21 Å². The fourth-order valence-corrected chi connectivity index (χ4v) is 2.87. The predicted octanol–water partition coefficient (Wildman–Crippen LogP) is 4.63. The Bertz CT molecular complexity index is 822. The maximum absolute atomic E-state index is 12.0. The van der Waals surface area contributed by atoms with E-state index in [4.69, 9.17) is 11.6 Å². The van der Waals surface area contributed by atoms with Crippen LogP contribution in [-0.2, 0) is 9.59 Å². The van der Waals surface area contributed by atoms with Crippen molar-refractivity contribution in [2.45, 2.75) is 31.1 Å². The topological polar surface area (TPSA) is 70.6 Å². The summed E-state index contributed by atoms with van der Waals surface area (Å²) in [6, 6.07) is 13.2. The lowest BCUT2D eigenvalue weighted by molar-refractivity contribution is -0.121. The van der Waals surface area contributed by atoms with Crippen LogP contribution in [-0.4, -0.2) is 24.3 Å². The lowest BCUT2D eigenvalue weighted by atomic mass is 10.2. The van der Waals surface area contributed by atoms with Crippen molar-refractivity contribution in [2.24, 2.45) is 5.10 Å². The molecular formula is C20H22ClN3O2S. The van der Waals surface area contributed by atoms with Gasteiger partial charge in [-0.2, -0.15) is 5.10 Å². The molecular weight excluding hydrogens is 382 g/mol. The summed E-state index contributed by atoms with van der Waals surface area (Å²) >= 11 is 7.70. The van der Waals surface area contributed by atoms with E-state index in [9.17, 15) is 9.59 Å². The number of amides is 2. The second-order valence-electron chi connectivity index (χ2n) is 5.88. The summed E-state index contributed by atoms with van der Waals surface area (Å²) < 4.78 is 0. The van der Waals surface area contributed by atoms with Gasteiger partial charge in [0.1, 0.15) is 0 Å². The first-order valence-electron chi connectivity index (χ1n) is 8.50. The number of thioether (sulfide) groups is 1. The molecule has 2 amide bonds. The van der Waals surface area contributed by atoms with Crippen LogP contribution in [0.1, 0.15) is 30.4 Å². The zero-order valence-corrected chi connectivity index (χ0v) is 16.9. The predicted molar refractivity (Wildman–Crippen MR) is 113 cm³/mol. The summed E-state index contributed by atoms with van der Waals surface area (Å²) in [5.74, 6) is -0.371. The van der Waals surface area contributed by atoms with E-state index in [1.54, 1.807) is 36.2 Å². The van der Waals surface area contributed by atoms with Crippen LogP contribution in [0.25, 0.3) is 0 Å². The number of nitrogens with one attached hydrogen (secondary N) is 2. The lowest BCUT2D eigenvalue weighted by Gasteiger charge is -2.09. The molecule has 0 unspecified atom stereocenters. The summed E-state index contributed by atoms with van der Waals surface area (Å²) in [5.41, 5.74) is 4.90. The van der Waals surface area contributed by atoms with Crippen LogP contribution in [0.5, 0.6) is 0 Å². The fourth-order valence-electron chi connectivity index (χ4n) is 2.29. The fraction of sp³-hybridized carbons (Fsp3) is 0.250. The quantitative estimate of drug-likeness (QED) is 0.383. The van der Waals surface area contributed by atoms with E-state index in [2.05, 4.69) is 15.8 Å². The highest BCUT2D eigenvalue weighted by Crippen LogP contribution is 2.23. The molecule has 0 aliphatic heterocycles. The highest BCUT2D eigenvalue weighted by Gasteiger charge is 2.08. The SMILES string of the molecule is CSc1ccc(/C=N\NC(=O)CCCC(=O)Nc2cccc(Cl)c2C)cc1. The number of carbonyl (C=O) groups excluding carboxylic acids is 2. The number of hydrogen-bond acceptors (Lipinski definition) is 4. The molecule has 0 bridgehead atoms. The third-order valence-electron chi connectivity index (χ3n) is 3.87. The molecule has 0 aliphatic carbocycles. The van der Waals surface area contributed by atoms with E-state index < -0.39 is 0 Å². The summed E-state index contributed by atoms with van der Waals surface area (Å²) in [5, 5.41) is 7.35. The van der Waals surface area contributed by atoms with Crippen LogP contribution >= 0.6 is 23.4 Å². The van der Waals surface area contributed by atoms with Crippen LogP contribution in [0.3, 0.4) is 0 Å². The Kier molecular flexibility index (Phi) is 8.36. The van der Waals surface area contributed by atoms with Gasteiger partial charge in [-0.15, -0.1) is 11.8 Å².